The molecule has 0 saturated carbocycles. The van der Waals surface area contributed by atoms with Crippen LogP contribution in [0.15, 0.2) is 77.4 Å². The monoisotopic (exact) mass is 559 g/mol. The lowest BCUT2D eigenvalue weighted by Gasteiger charge is -2.13. The largest absolute Gasteiger partial charge is 0.490 e. The Kier molecular flexibility index (Phi) is 7.12. The van der Waals surface area contributed by atoms with Crippen molar-refractivity contribution in [3.8, 4) is 11.5 Å². The highest BCUT2D eigenvalue weighted by atomic mass is 127. The zero-order valence-electron chi connectivity index (χ0n) is 17.2. The molecule has 0 unspecified atom stereocenters. The van der Waals surface area contributed by atoms with E-state index in [-0.39, 0.29) is 11.6 Å². The van der Waals surface area contributed by atoms with Gasteiger partial charge in [0.1, 0.15) is 6.61 Å². The second-order valence-corrected chi connectivity index (χ2v) is 8.53. The maximum atomic E-state index is 12.3. The number of hydrogen-bond donors (Lipinski definition) is 0. The molecule has 0 radical (unpaired) electrons. The van der Waals surface area contributed by atoms with Gasteiger partial charge in [-0.2, -0.15) is 0 Å². The summed E-state index contributed by atoms with van der Waals surface area (Å²) in [5, 5.41) is 0.466. The number of carbonyl (C=O) groups excluding carboxylic acids is 1. The highest BCUT2D eigenvalue weighted by Gasteiger charge is 2.25. The molecule has 1 aliphatic heterocycles. The molecule has 3 aromatic rings. The maximum Gasteiger partial charge on any atom is 0.363 e. The fraction of sp³-hybridized carbons (Fsp3) is 0.120. The summed E-state index contributed by atoms with van der Waals surface area (Å²) in [5.41, 5.74) is 2.57. The van der Waals surface area contributed by atoms with Crippen LogP contribution in [0.1, 0.15) is 23.6 Å². The molecular formula is C25H19ClINO4. The van der Waals surface area contributed by atoms with Gasteiger partial charge in [-0.25, -0.2) is 9.79 Å². The van der Waals surface area contributed by atoms with Crippen LogP contribution in [0.5, 0.6) is 11.5 Å². The van der Waals surface area contributed by atoms with Gasteiger partial charge in [0.05, 0.1) is 17.2 Å². The van der Waals surface area contributed by atoms with Crippen LogP contribution >= 0.6 is 34.2 Å². The Morgan fingerprint density at radius 3 is 2.66 bits per heavy atom. The average molecular weight is 560 g/mol. The second-order valence-electron chi connectivity index (χ2n) is 6.87. The Morgan fingerprint density at radius 2 is 1.88 bits per heavy atom. The summed E-state index contributed by atoms with van der Waals surface area (Å²) in [5.74, 6) is 0.877. The highest BCUT2D eigenvalue weighted by molar-refractivity contribution is 14.1. The van der Waals surface area contributed by atoms with Crippen molar-refractivity contribution in [2.24, 2.45) is 4.99 Å². The first-order valence-corrected chi connectivity index (χ1v) is 11.4. The molecule has 5 nitrogen and oxygen atoms in total. The summed E-state index contributed by atoms with van der Waals surface area (Å²) >= 11 is 8.47. The first-order valence-electron chi connectivity index (χ1n) is 9.95. The van der Waals surface area contributed by atoms with Crippen LogP contribution in [-0.2, 0) is 16.1 Å². The molecule has 1 aliphatic rings. The summed E-state index contributed by atoms with van der Waals surface area (Å²) in [6.07, 6.45) is 1.65. The number of esters is 1. The standard InChI is InChI=1S/C25H19ClINO4/c1-2-30-23-14-16(10-11-22(23)31-15-17-6-5-7-18(27)12-17)13-21-25(29)32-24(28-21)19-8-3-4-9-20(19)26/h3-14H,2,15H2,1H3/b21-13-. The lowest BCUT2D eigenvalue weighted by molar-refractivity contribution is -0.129. The van der Waals surface area contributed by atoms with Crippen LogP contribution in [0, 0.1) is 3.57 Å². The molecule has 3 aromatic carbocycles. The van der Waals surface area contributed by atoms with Crippen LogP contribution in [0.3, 0.4) is 0 Å². The third-order valence-electron chi connectivity index (χ3n) is 4.58. The molecule has 0 amide bonds. The van der Waals surface area contributed by atoms with E-state index in [1.54, 1.807) is 24.3 Å². The van der Waals surface area contributed by atoms with E-state index in [9.17, 15) is 4.79 Å². The van der Waals surface area contributed by atoms with E-state index in [0.29, 0.717) is 35.3 Å². The van der Waals surface area contributed by atoms with Crippen molar-refractivity contribution < 1.29 is 19.0 Å². The van der Waals surface area contributed by atoms with Crippen molar-refractivity contribution in [1.82, 2.24) is 0 Å². The van der Waals surface area contributed by atoms with E-state index in [2.05, 4.69) is 33.6 Å². The van der Waals surface area contributed by atoms with Gasteiger partial charge in [0.2, 0.25) is 5.90 Å². The van der Waals surface area contributed by atoms with Crippen molar-refractivity contribution in [3.63, 3.8) is 0 Å². The van der Waals surface area contributed by atoms with Crippen LogP contribution in [0.4, 0.5) is 0 Å². The van der Waals surface area contributed by atoms with Gasteiger partial charge in [-0.1, -0.05) is 41.9 Å². The third-order valence-corrected chi connectivity index (χ3v) is 5.58. The Balaban J connectivity index is 1.57. The van der Waals surface area contributed by atoms with Crippen LogP contribution < -0.4 is 9.47 Å². The number of benzene rings is 3. The van der Waals surface area contributed by atoms with Crippen LogP contribution in [-0.4, -0.2) is 18.5 Å². The Hall–Kier alpha value is -2.84. The fourth-order valence-electron chi connectivity index (χ4n) is 3.11. The first-order chi connectivity index (χ1) is 15.5. The molecule has 1 heterocycles. The minimum Gasteiger partial charge on any atom is -0.490 e. The summed E-state index contributed by atoms with van der Waals surface area (Å²) in [6, 6.07) is 20.7. The molecule has 0 atom stereocenters. The molecule has 0 spiro atoms. The fourth-order valence-corrected chi connectivity index (χ4v) is 3.93. The normalized spacial score (nSPS) is 14.3. The Labute approximate surface area is 204 Å². The van der Waals surface area contributed by atoms with Gasteiger partial charge in [0.15, 0.2) is 17.2 Å². The average Bonchev–Trinajstić information content (AvgIpc) is 3.13. The number of hydrogen-bond acceptors (Lipinski definition) is 5. The molecule has 32 heavy (non-hydrogen) atoms. The molecule has 0 N–H and O–H groups in total. The number of cyclic esters (lactones) is 1. The van der Waals surface area contributed by atoms with Gasteiger partial charge >= 0.3 is 5.97 Å². The second kappa shape index (κ2) is 10.2. The topological polar surface area (TPSA) is 57.1 Å². The van der Waals surface area contributed by atoms with Crippen molar-refractivity contribution in [1.29, 1.82) is 0 Å². The van der Waals surface area contributed by atoms with Gasteiger partial charge in [0.25, 0.3) is 0 Å². The molecule has 0 aliphatic carbocycles. The lowest BCUT2D eigenvalue weighted by atomic mass is 10.1. The Morgan fingerprint density at radius 1 is 1.03 bits per heavy atom. The number of nitrogens with zero attached hydrogens (tertiary/aromatic N) is 1. The lowest BCUT2D eigenvalue weighted by Crippen LogP contribution is -2.05. The molecule has 0 aromatic heterocycles. The zero-order valence-corrected chi connectivity index (χ0v) is 20.1. The molecule has 7 heteroatoms. The summed E-state index contributed by atoms with van der Waals surface area (Å²) < 4.78 is 18.2. The van der Waals surface area contributed by atoms with Crippen LogP contribution in [0.2, 0.25) is 5.02 Å². The zero-order chi connectivity index (χ0) is 22.5. The summed E-state index contributed by atoms with van der Waals surface area (Å²) in [4.78, 5) is 16.7. The van der Waals surface area contributed by atoms with Gasteiger partial charge < -0.3 is 14.2 Å². The molecular weight excluding hydrogens is 541 g/mol. The number of rotatable bonds is 7. The number of aliphatic imine (C=N–C) groups is 1. The SMILES string of the molecule is CCOc1cc(/C=C2\N=C(c3ccccc3Cl)OC2=O)ccc1OCc1cccc(I)c1. The Bertz CT molecular complexity index is 1220. The molecule has 0 fully saturated rings. The van der Waals surface area contributed by atoms with E-state index in [4.69, 9.17) is 25.8 Å². The predicted octanol–water partition coefficient (Wildman–Crippen LogP) is 6.27. The highest BCUT2D eigenvalue weighted by Crippen LogP contribution is 2.31. The minimum atomic E-state index is -0.531. The molecule has 4 rings (SSSR count). The number of halogens is 2. The third kappa shape index (κ3) is 5.31. The van der Waals surface area contributed by atoms with Crippen molar-refractivity contribution in [3.05, 3.63) is 97.7 Å². The summed E-state index contributed by atoms with van der Waals surface area (Å²) in [6.45, 7) is 2.81. The van der Waals surface area contributed by atoms with Crippen molar-refractivity contribution in [2.45, 2.75) is 13.5 Å². The molecule has 0 saturated heterocycles. The smallest absolute Gasteiger partial charge is 0.363 e. The van der Waals surface area contributed by atoms with Gasteiger partial charge in [0, 0.05) is 3.57 Å². The van der Waals surface area contributed by atoms with Crippen molar-refractivity contribution >= 4 is 52.1 Å². The summed E-state index contributed by atoms with van der Waals surface area (Å²) in [7, 11) is 0. The molecule has 0 bridgehead atoms. The van der Waals surface area contributed by atoms with Gasteiger partial charge in [-0.3, -0.25) is 0 Å². The number of carbonyl (C=O) groups is 1. The van der Waals surface area contributed by atoms with Crippen molar-refractivity contribution in [2.75, 3.05) is 6.61 Å². The quantitative estimate of drug-likeness (QED) is 0.195. The van der Waals surface area contributed by atoms with E-state index in [0.717, 1.165) is 14.7 Å². The van der Waals surface area contributed by atoms with Crippen LogP contribution in [0.25, 0.3) is 6.08 Å². The predicted molar refractivity (Wildman–Crippen MR) is 133 cm³/mol. The van der Waals surface area contributed by atoms with E-state index < -0.39 is 5.97 Å². The van der Waals surface area contributed by atoms with E-state index >= 15 is 0 Å². The van der Waals surface area contributed by atoms with E-state index in [1.807, 2.05) is 49.4 Å². The first kappa shape index (κ1) is 22.4. The van der Waals surface area contributed by atoms with Gasteiger partial charge in [-0.15, -0.1) is 0 Å². The minimum absolute atomic E-state index is 0.189. The number of ether oxygens (including phenoxy) is 3. The van der Waals surface area contributed by atoms with E-state index in [1.165, 1.54) is 0 Å². The molecule has 162 valence electrons. The van der Waals surface area contributed by atoms with Gasteiger partial charge in [-0.05, 0) is 83.1 Å². The maximum absolute atomic E-state index is 12.3.